The molecule has 0 saturated carbocycles. The van der Waals surface area contributed by atoms with Crippen molar-refractivity contribution in [2.24, 2.45) is 4.99 Å². The number of hydrogen-bond donors (Lipinski definition) is 3. The molecule has 31 heavy (non-hydrogen) atoms. The number of benzene rings is 2. The summed E-state index contributed by atoms with van der Waals surface area (Å²) in [4.78, 5) is 9.02. The lowest BCUT2D eigenvalue weighted by molar-refractivity contribution is 0.185. The van der Waals surface area contributed by atoms with Gasteiger partial charge in [-0.1, -0.05) is 12.1 Å². The van der Waals surface area contributed by atoms with Crippen molar-refractivity contribution in [3.05, 3.63) is 48.0 Å². The van der Waals surface area contributed by atoms with E-state index in [9.17, 15) is 10.2 Å². The quantitative estimate of drug-likeness (QED) is 0.460. The van der Waals surface area contributed by atoms with Crippen molar-refractivity contribution >= 4 is 11.6 Å². The molecule has 0 aromatic heterocycles. The van der Waals surface area contributed by atoms with Gasteiger partial charge in [-0.05, 0) is 36.8 Å². The van der Waals surface area contributed by atoms with E-state index in [2.05, 4.69) is 20.1 Å². The third kappa shape index (κ3) is 5.73. The third-order valence-electron chi connectivity index (χ3n) is 5.31. The molecule has 0 bridgehead atoms. The Hall–Kier alpha value is -3.13. The minimum Gasteiger partial charge on any atom is -0.506 e. The molecule has 0 amide bonds. The van der Waals surface area contributed by atoms with Crippen molar-refractivity contribution in [1.82, 2.24) is 10.2 Å². The van der Waals surface area contributed by atoms with Gasteiger partial charge < -0.3 is 34.8 Å². The number of nitrogens with one attached hydrogen (secondary N) is 1. The van der Waals surface area contributed by atoms with Crippen LogP contribution >= 0.6 is 0 Å². The van der Waals surface area contributed by atoms with Crippen molar-refractivity contribution in [3.63, 3.8) is 0 Å². The number of methoxy groups -OCH3 is 2. The zero-order chi connectivity index (χ0) is 22.2. The van der Waals surface area contributed by atoms with Crippen LogP contribution in [0.4, 0.5) is 5.69 Å². The van der Waals surface area contributed by atoms with Gasteiger partial charge in [-0.3, -0.25) is 4.99 Å². The van der Waals surface area contributed by atoms with Gasteiger partial charge in [-0.25, -0.2) is 0 Å². The lowest BCUT2D eigenvalue weighted by Crippen LogP contribution is -2.52. The molecule has 8 heteroatoms. The first-order valence-electron chi connectivity index (χ1n) is 10.5. The molecular formula is C23H32N4O4. The second-order valence-electron chi connectivity index (χ2n) is 7.32. The summed E-state index contributed by atoms with van der Waals surface area (Å²) in [5, 5.41) is 24.1. The maximum Gasteiger partial charge on any atom is 0.194 e. The number of nitrogens with zero attached hydrogens (tertiary/aromatic N) is 3. The first-order valence-corrected chi connectivity index (χ1v) is 10.5. The molecule has 3 N–H and O–H groups in total. The first kappa shape index (κ1) is 22.6. The van der Waals surface area contributed by atoms with E-state index in [0.717, 1.165) is 44.4 Å². The molecule has 1 heterocycles. The minimum absolute atomic E-state index is 0.221. The number of guanidine groups is 1. The summed E-state index contributed by atoms with van der Waals surface area (Å²) < 4.78 is 10.6. The highest BCUT2D eigenvalue weighted by Crippen LogP contribution is 2.28. The molecule has 2 aromatic carbocycles. The van der Waals surface area contributed by atoms with E-state index in [4.69, 9.17) is 9.47 Å². The Balaban J connectivity index is 1.66. The van der Waals surface area contributed by atoms with Crippen molar-refractivity contribution in [2.75, 3.05) is 58.4 Å². The van der Waals surface area contributed by atoms with E-state index in [1.807, 2.05) is 25.1 Å². The summed E-state index contributed by atoms with van der Waals surface area (Å²) >= 11 is 0. The van der Waals surface area contributed by atoms with Gasteiger partial charge in [0.25, 0.3) is 0 Å². The largest absolute Gasteiger partial charge is 0.506 e. The van der Waals surface area contributed by atoms with E-state index in [1.54, 1.807) is 38.5 Å². The normalized spacial score (nSPS) is 15.5. The number of aliphatic hydroxyl groups excluding tert-OH is 1. The first-order chi connectivity index (χ1) is 15.0. The molecule has 0 radical (unpaired) electrons. The van der Waals surface area contributed by atoms with Crippen molar-refractivity contribution in [2.45, 2.75) is 13.0 Å². The number of piperazine rings is 1. The van der Waals surface area contributed by atoms with Gasteiger partial charge >= 0.3 is 0 Å². The van der Waals surface area contributed by atoms with Gasteiger partial charge in [0.15, 0.2) is 5.96 Å². The van der Waals surface area contributed by atoms with Gasteiger partial charge in [0.05, 0.1) is 32.6 Å². The van der Waals surface area contributed by atoms with Crippen molar-refractivity contribution in [1.29, 1.82) is 0 Å². The number of phenolic OH excluding ortho intramolecular Hbond substituents is 1. The number of aliphatic hydroxyl groups is 1. The summed E-state index contributed by atoms with van der Waals surface area (Å²) in [7, 11) is 3.17. The van der Waals surface area contributed by atoms with E-state index >= 15 is 0 Å². The predicted molar refractivity (Wildman–Crippen MR) is 122 cm³/mol. The van der Waals surface area contributed by atoms with Gasteiger partial charge in [0.1, 0.15) is 17.2 Å². The van der Waals surface area contributed by atoms with Crippen LogP contribution in [0.5, 0.6) is 17.2 Å². The standard InChI is InChI=1S/C23H32N4O4/c1-4-24-23(25-16-22(29)17-13-18(30-2)15-19(14-17)31-3)27-11-9-26(10-12-27)20-7-5-6-8-21(20)28/h5-8,13-15,22,28-29H,4,9-12,16H2,1-3H3,(H,24,25). The fourth-order valence-corrected chi connectivity index (χ4v) is 3.62. The molecule has 3 rings (SSSR count). The average molecular weight is 429 g/mol. The molecule has 1 fully saturated rings. The number of aromatic hydroxyl groups is 1. The second kappa shape index (κ2) is 10.8. The van der Waals surface area contributed by atoms with Crippen molar-refractivity contribution in [3.8, 4) is 17.2 Å². The third-order valence-corrected chi connectivity index (χ3v) is 5.31. The number of hydrogen-bond acceptors (Lipinski definition) is 6. The zero-order valence-corrected chi connectivity index (χ0v) is 18.4. The number of ether oxygens (including phenoxy) is 2. The molecule has 0 aliphatic carbocycles. The number of aliphatic imine (C=N–C) groups is 1. The highest BCUT2D eigenvalue weighted by atomic mass is 16.5. The number of rotatable bonds is 7. The maximum absolute atomic E-state index is 10.7. The van der Waals surface area contributed by atoms with Crippen LogP contribution < -0.4 is 19.7 Å². The minimum atomic E-state index is -0.778. The fraction of sp³-hybridized carbons (Fsp3) is 0.435. The highest BCUT2D eigenvalue weighted by Gasteiger charge is 2.21. The predicted octanol–water partition coefficient (Wildman–Crippen LogP) is 2.23. The highest BCUT2D eigenvalue weighted by molar-refractivity contribution is 5.80. The molecule has 2 aromatic rings. The van der Waals surface area contributed by atoms with Crippen LogP contribution in [0, 0.1) is 0 Å². The van der Waals surface area contributed by atoms with Gasteiger partial charge in [0.2, 0.25) is 0 Å². The Labute approximate surface area is 183 Å². The molecule has 1 atom stereocenters. The Bertz CT molecular complexity index is 859. The van der Waals surface area contributed by atoms with E-state index in [0.29, 0.717) is 22.8 Å². The molecule has 1 saturated heterocycles. The van der Waals surface area contributed by atoms with Crippen LogP contribution in [-0.4, -0.2) is 74.6 Å². The molecule has 0 spiro atoms. The molecular weight excluding hydrogens is 396 g/mol. The van der Waals surface area contributed by atoms with Gasteiger partial charge in [-0.2, -0.15) is 0 Å². The summed E-state index contributed by atoms with van der Waals surface area (Å²) in [5.74, 6) is 2.33. The zero-order valence-electron chi connectivity index (χ0n) is 18.4. The lowest BCUT2D eigenvalue weighted by Gasteiger charge is -2.38. The summed E-state index contributed by atoms with van der Waals surface area (Å²) in [5.41, 5.74) is 1.55. The lowest BCUT2D eigenvalue weighted by atomic mass is 10.1. The molecule has 8 nitrogen and oxygen atoms in total. The topological polar surface area (TPSA) is 89.8 Å². The van der Waals surface area contributed by atoms with Crippen LogP contribution in [0.2, 0.25) is 0 Å². The summed E-state index contributed by atoms with van der Waals surface area (Å²) in [6.45, 7) is 6.07. The van der Waals surface area contributed by atoms with Crippen molar-refractivity contribution < 1.29 is 19.7 Å². The second-order valence-corrected chi connectivity index (χ2v) is 7.32. The Morgan fingerprint density at radius 1 is 1.06 bits per heavy atom. The Morgan fingerprint density at radius 2 is 1.71 bits per heavy atom. The van der Waals surface area contributed by atoms with E-state index < -0.39 is 6.10 Å². The fourth-order valence-electron chi connectivity index (χ4n) is 3.62. The average Bonchev–Trinajstić information content (AvgIpc) is 2.81. The molecule has 1 aliphatic rings. The maximum atomic E-state index is 10.7. The van der Waals surface area contributed by atoms with E-state index in [1.165, 1.54) is 0 Å². The van der Waals surface area contributed by atoms with E-state index in [-0.39, 0.29) is 6.54 Å². The molecule has 168 valence electrons. The Kier molecular flexibility index (Phi) is 7.83. The van der Waals surface area contributed by atoms with Gasteiger partial charge in [0, 0.05) is 38.8 Å². The SMILES string of the molecule is CCNC(=NCC(O)c1cc(OC)cc(OC)c1)N1CCN(c2ccccc2O)CC1. The van der Waals surface area contributed by atoms with Crippen LogP contribution in [0.25, 0.3) is 0 Å². The molecule has 1 unspecified atom stereocenters. The van der Waals surface area contributed by atoms with Crippen LogP contribution in [0.15, 0.2) is 47.5 Å². The summed E-state index contributed by atoms with van der Waals surface area (Å²) in [6, 6.07) is 12.8. The number of anilines is 1. The van der Waals surface area contributed by atoms with Crippen LogP contribution in [0.3, 0.4) is 0 Å². The molecule has 1 aliphatic heterocycles. The van der Waals surface area contributed by atoms with Gasteiger partial charge in [-0.15, -0.1) is 0 Å². The van der Waals surface area contributed by atoms with Crippen LogP contribution in [0.1, 0.15) is 18.6 Å². The monoisotopic (exact) mass is 428 g/mol. The summed E-state index contributed by atoms with van der Waals surface area (Å²) in [6.07, 6.45) is -0.778. The smallest absolute Gasteiger partial charge is 0.194 e. The Morgan fingerprint density at radius 3 is 2.29 bits per heavy atom. The van der Waals surface area contributed by atoms with Crippen LogP contribution in [-0.2, 0) is 0 Å². The number of phenols is 1. The number of para-hydroxylation sites is 2.